The molecule has 1 N–H and O–H groups in total. The molecule has 0 spiro atoms. The maximum absolute atomic E-state index is 13.3. The van der Waals surface area contributed by atoms with E-state index in [9.17, 15) is 9.50 Å². The Kier molecular flexibility index (Phi) is 7.19. The van der Waals surface area contributed by atoms with E-state index in [0.717, 1.165) is 64.0 Å². The molecule has 4 heteroatoms. The number of hydrogen-bond donors (Lipinski definition) is 1. The van der Waals surface area contributed by atoms with Crippen molar-refractivity contribution in [1.82, 2.24) is 9.80 Å². The fraction of sp³-hybridized carbons (Fsp3) is 0.538. The Morgan fingerprint density at radius 1 is 0.933 bits per heavy atom. The molecule has 2 saturated heterocycles. The molecule has 1 unspecified atom stereocenters. The maximum Gasteiger partial charge on any atom is 0.123 e. The molecule has 30 heavy (non-hydrogen) atoms. The van der Waals surface area contributed by atoms with Gasteiger partial charge in [0.25, 0.3) is 0 Å². The van der Waals surface area contributed by atoms with Crippen LogP contribution in [0.2, 0.25) is 0 Å². The van der Waals surface area contributed by atoms with Gasteiger partial charge >= 0.3 is 0 Å². The van der Waals surface area contributed by atoms with E-state index in [0.29, 0.717) is 6.04 Å². The lowest BCUT2D eigenvalue weighted by Crippen LogP contribution is -2.53. The van der Waals surface area contributed by atoms with E-state index < -0.39 is 0 Å². The van der Waals surface area contributed by atoms with Crippen molar-refractivity contribution in [2.24, 2.45) is 5.41 Å². The summed E-state index contributed by atoms with van der Waals surface area (Å²) in [5.74, 6) is -0.193. The number of likely N-dealkylation sites (tertiary alicyclic amines) is 2. The Morgan fingerprint density at radius 2 is 1.67 bits per heavy atom. The Morgan fingerprint density at radius 3 is 2.37 bits per heavy atom. The molecule has 162 valence electrons. The van der Waals surface area contributed by atoms with Crippen molar-refractivity contribution in [3.63, 3.8) is 0 Å². The molecule has 2 aliphatic heterocycles. The molecule has 2 heterocycles. The zero-order valence-electron chi connectivity index (χ0n) is 18.0. The van der Waals surface area contributed by atoms with Gasteiger partial charge in [0.15, 0.2) is 0 Å². The van der Waals surface area contributed by atoms with Crippen molar-refractivity contribution in [2.45, 2.75) is 44.6 Å². The quantitative estimate of drug-likeness (QED) is 0.743. The predicted octanol–water partition coefficient (Wildman–Crippen LogP) is 4.15. The highest BCUT2D eigenvalue weighted by molar-refractivity contribution is 5.18. The largest absolute Gasteiger partial charge is 0.396 e. The average molecular weight is 411 g/mol. The van der Waals surface area contributed by atoms with E-state index in [1.807, 2.05) is 12.1 Å². The molecule has 2 aromatic rings. The normalized spacial score (nSPS) is 24.2. The average Bonchev–Trinajstić information content (AvgIpc) is 2.80. The van der Waals surface area contributed by atoms with Crippen LogP contribution in [-0.2, 0) is 12.8 Å². The minimum Gasteiger partial charge on any atom is -0.396 e. The van der Waals surface area contributed by atoms with Crippen molar-refractivity contribution < 1.29 is 9.50 Å². The number of rotatable bonds is 7. The molecule has 1 atom stereocenters. The van der Waals surface area contributed by atoms with Gasteiger partial charge in [-0.25, -0.2) is 4.39 Å². The first kappa shape index (κ1) is 21.5. The van der Waals surface area contributed by atoms with E-state index in [-0.39, 0.29) is 17.8 Å². The van der Waals surface area contributed by atoms with Gasteiger partial charge in [-0.15, -0.1) is 0 Å². The summed E-state index contributed by atoms with van der Waals surface area (Å²) in [7, 11) is 0. The van der Waals surface area contributed by atoms with Gasteiger partial charge < -0.3 is 10.0 Å². The summed E-state index contributed by atoms with van der Waals surface area (Å²) in [5.41, 5.74) is 2.45. The first-order valence-electron chi connectivity index (χ1n) is 11.5. The van der Waals surface area contributed by atoms with Crippen LogP contribution in [0.15, 0.2) is 54.6 Å². The van der Waals surface area contributed by atoms with E-state index in [1.165, 1.54) is 30.5 Å². The van der Waals surface area contributed by atoms with Crippen molar-refractivity contribution in [1.29, 1.82) is 0 Å². The number of benzene rings is 2. The Bertz CT molecular complexity index is 773. The summed E-state index contributed by atoms with van der Waals surface area (Å²) in [6.45, 7) is 5.77. The zero-order chi connectivity index (χ0) is 20.8. The van der Waals surface area contributed by atoms with Crippen molar-refractivity contribution in [2.75, 3.05) is 39.3 Å². The summed E-state index contributed by atoms with van der Waals surface area (Å²) in [5, 5.41) is 10.3. The number of halogens is 1. The van der Waals surface area contributed by atoms with Crippen molar-refractivity contribution in [3.8, 4) is 0 Å². The van der Waals surface area contributed by atoms with Crippen LogP contribution in [0.5, 0.6) is 0 Å². The summed E-state index contributed by atoms with van der Waals surface area (Å²) in [6.07, 6.45) is 6.57. The minimum absolute atomic E-state index is 0.0967. The molecular weight excluding hydrogens is 375 g/mol. The highest BCUT2D eigenvalue weighted by atomic mass is 19.1. The number of hydrogen-bond acceptors (Lipinski definition) is 3. The highest BCUT2D eigenvalue weighted by Crippen LogP contribution is 2.35. The monoisotopic (exact) mass is 410 g/mol. The first-order chi connectivity index (χ1) is 14.7. The molecule has 4 rings (SSSR count). The van der Waals surface area contributed by atoms with Crippen LogP contribution in [0.25, 0.3) is 0 Å². The van der Waals surface area contributed by atoms with Crippen molar-refractivity contribution >= 4 is 0 Å². The van der Waals surface area contributed by atoms with Crippen molar-refractivity contribution in [3.05, 3.63) is 71.5 Å². The summed E-state index contributed by atoms with van der Waals surface area (Å²) in [4.78, 5) is 5.24. The van der Waals surface area contributed by atoms with Gasteiger partial charge in [-0.05, 0) is 81.4 Å². The molecule has 3 nitrogen and oxygen atoms in total. The third-order valence-electron chi connectivity index (χ3n) is 7.15. The summed E-state index contributed by atoms with van der Waals surface area (Å²) in [6, 6.07) is 18.2. The SMILES string of the molecule is OCC1(Cc2ccc(F)cc2)CCCN(C2CCN(CCc3ccccc3)CC2)C1. The van der Waals surface area contributed by atoms with Crippen LogP contribution in [0.3, 0.4) is 0 Å². The lowest BCUT2D eigenvalue weighted by Gasteiger charge is -2.47. The predicted molar refractivity (Wildman–Crippen MR) is 120 cm³/mol. The fourth-order valence-corrected chi connectivity index (χ4v) is 5.36. The van der Waals surface area contributed by atoms with Gasteiger partial charge in [0.05, 0.1) is 6.61 Å². The van der Waals surface area contributed by atoms with Crippen LogP contribution in [0.4, 0.5) is 4.39 Å². The van der Waals surface area contributed by atoms with Crippen LogP contribution >= 0.6 is 0 Å². The number of aliphatic hydroxyl groups is 1. The minimum atomic E-state index is -0.193. The van der Waals surface area contributed by atoms with E-state index in [1.54, 1.807) is 0 Å². The summed E-state index contributed by atoms with van der Waals surface area (Å²) >= 11 is 0. The van der Waals surface area contributed by atoms with Crippen LogP contribution in [-0.4, -0.2) is 60.3 Å². The zero-order valence-corrected chi connectivity index (χ0v) is 18.0. The second-order valence-electron chi connectivity index (χ2n) is 9.34. The van der Waals surface area contributed by atoms with Gasteiger partial charge in [0.1, 0.15) is 5.82 Å². The maximum atomic E-state index is 13.3. The molecular formula is C26H35FN2O. The lowest BCUT2D eigenvalue weighted by atomic mass is 9.75. The Balaban J connectivity index is 1.29. The molecule has 0 bridgehead atoms. The van der Waals surface area contributed by atoms with Gasteiger partial charge in [-0.3, -0.25) is 4.90 Å². The van der Waals surface area contributed by atoms with Crippen LogP contribution in [0, 0.1) is 11.2 Å². The number of nitrogens with zero attached hydrogens (tertiary/aromatic N) is 2. The van der Waals surface area contributed by atoms with Gasteiger partial charge in [0.2, 0.25) is 0 Å². The molecule has 0 radical (unpaired) electrons. The summed E-state index contributed by atoms with van der Waals surface area (Å²) < 4.78 is 13.3. The van der Waals surface area contributed by atoms with E-state index in [2.05, 4.69) is 40.1 Å². The topological polar surface area (TPSA) is 26.7 Å². The smallest absolute Gasteiger partial charge is 0.123 e. The molecule has 0 amide bonds. The van der Waals surface area contributed by atoms with Crippen LogP contribution < -0.4 is 0 Å². The first-order valence-corrected chi connectivity index (χ1v) is 11.5. The van der Waals surface area contributed by atoms with E-state index >= 15 is 0 Å². The number of piperidine rings is 2. The molecule has 0 saturated carbocycles. The Labute approximate surface area is 180 Å². The Hall–Kier alpha value is -1.75. The van der Waals surface area contributed by atoms with E-state index in [4.69, 9.17) is 0 Å². The lowest BCUT2D eigenvalue weighted by molar-refractivity contribution is -0.00267. The molecule has 2 aliphatic rings. The molecule has 2 aromatic carbocycles. The molecule has 2 fully saturated rings. The second kappa shape index (κ2) is 10.0. The third kappa shape index (κ3) is 5.48. The van der Waals surface area contributed by atoms with Gasteiger partial charge in [0, 0.05) is 24.5 Å². The van der Waals surface area contributed by atoms with Crippen LogP contribution in [0.1, 0.15) is 36.8 Å². The number of aliphatic hydroxyl groups excluding tert-OH is 1. The highest BCUT2D eigenvalue weighted by Gasteiger charge is 2.38. The third-order valence-corrected chi connectivity index (χ3v) is 7.15. The standard InChI is InChI=1S/C26H35FN2O/c27-24-9-7-23(8-10-24)19-26(21-30)14-4-15-29(20-26)25-12-17-28(18-13-25)16-11-22-5-2-1-3-6-22/h1-3,5-10,25,30H,4,11-21H2. The van der Waals surface area contributed by atoms with Gasteiger partial charge in [-0.2, -0.15) is 0 Å². The molecule has 0 aliphatic carbocycles. The fourth-order valence-electron chi connectivity index (χ4n) is 5.36. The second-order valence-corrected chi connectivity index (χ2v) is 9.34. The van der Waals surface area contributed by atoms with Gasteiger partial charge in [-0.1, -0.05) is 42.5 Å². The molecule has 0 aromatic heterocycles.